The van der Waals surface area contributed by atoms with Crippen molar-refractivity contribution in [3.05, 3.63) is 72.3 Å². The van der Waals surface area contributed by atoms with E-state index >= 15 is 0 Å². The minimum atomic E-state index is -0.621. The van der Waals surface area contributed by atoms with Gasteiger partial charge in [-0.1, -0.05) is 48.5 Å². The Morgan fingerprint density at radius 3 is 2.36 bits per heavy atom. The van der Waals surface area contributed by atoms with Crippen molar-refractivity contribution in [3.8, 4) is 5.75 Å². The lowest BCUT2D eigenvalue weighted by Gasteiger charge is -2.13. The predicted molar refractivity (Wildman–Crippen MR) is 98.0 cm³/mol. The molecule has 0 heterocycles. The lowest BCUT2D eigenvalue weighted by atomic mass is 10.2. The minimum absolute atomic E-state index is 0.252. The maximum absolute atomic E-state index is 12.0. The Kier molecular flexibility index (Phi) is 7.25. The van der Waals surface area contributed by atoms with Crippen LogP contribution >= 0.6 is 0 Å². The van der Waals surface area contributed by atoms with E-state index in [2.05, 4.69) is 10.6 Å². The number of amides is 2. The summed E-state index contributed by atoms with van der Waals surface area (Å²) in [4.78, 5) is 23.8. The number of carbonyl (C=O) groups is 2. The molecule has 5 heteroatoms. The second-order valence-corrected chi connectivity index (χ2v) is 5.43. The number of nitrogens with one attached hydrogen (secondary N) is 2. The predicted octanol–water partition coefficient (Wildman–Crippen LogP) is 2.40. The first kappa shape index (κ1) is 18.3. The quantitative estimate of drug-likeness (QED) is 0.574. The molecule has 2 amide bonds. The minimum Gasteiger partial charge on any atom is -0.492 e. The third kappa shape index (κ3) is 6.91. The fourth-order valence-corrected chi connectivity index (χ4v) is 2.08. The van der Waals surface area contributed by atoms with Crippen LogP contribution in [0.4, 0.5) is 0 Å². The normalized spacial score (nSPS) is 11.7. The first-order valence-electron chi connectivity index (χ1n) is 8.14. The second-order valence-electron chi connectivity index (χ2n) is 5.43. The molecule has 0 fully saturated rings. The van der Waals surface area contributed by atoms with Gasteiger partial charge in [-0.2, -0.15) is 0 Å². The lowest BCUT2D eigenvalue weighted by molar-refractivity contribution is -0.126. The van der Waals surface area contributed by atoms with Crippen molar-refractivity contribution in [2.24, 2.45) is 0 Å². The Balaban J connectivity index is 1.67. The molecule has 2 aromatic carbocycles. The molecular formula is C20H22N2O3. The molecule has 25 heavy (non-hydrogen) atoms. The van der Waals surface area contributed by atoms with Crippen molar-refractivity contribution in [1.82, 2.24) is 10.6 Å². The van der Waals surface area contributed by atoms with Gasteiger partial charge < -0.3 is 15.4 Å². The average molecular weight is 338 g/mol. The zero-order chi connectivity index (χ0) is 17.9. The van der Waals surface area contributed by atoms with E-state index in [-0.39, 0.29) is 11.8 Å². The molecule has 1 unspecified atom stereocenters. The molecule has 2 rings (SSSR count). The van der Waals surface area contributed by atoms with Crippen molar-refractivity contribution >= 4 is 17.9 Å². The van der Waals surface area contributed by atoms with Gasteiger partial charge in [0.25, 0.3) is 0 Å². The van der Waals surface area contributed by atoms with Crippen LogP contribution in [-0.2, 0) is 9.59 Å². The number of rotatable bonds is 8. The SMILES string of the molecule is CC(NC(=O)C=Cc1ccccc1)C(=O)NCCOc1ccccc1. The molecule has 1 atom stereocenters. The molecule has 0 saturated carbocycles. The van der Waals surface area contributed by atoms with Crippen LogP contribution in [0.5, 0.6) is 5.75 Å². The summed E-state index contributed by atoms with van der Waals surface area (Å²) < 4.78 is 5.49. The highest BCUT2D eigenvalue weighted by Gasteiger charge is 2.13. The largest absolute Gasteiger partial charge is 0.492 e. The Morgan fingerprint density at radius 1 is 1.04 bits per heavy atom. The van der Waals surface area contributed by atoms with Gasteiger partial charge in [0.05, 0.1) is 6.54 Å². The topological polar surface area (TPSA) is 67.4 Å². The fourth-order valence-electron chi connectivity index (χ4n) is 2.08. The van der Waals surface area contributed by atoms with Crippen LogP contribution in [0, 0.1) is 0 Å². The van der Waals surface area contributed by atoms with Crippen LogP contribution in [0.1, 0.15) is 12.5 Å². The maximum Gasteiger partial charge on any atom is 0.244 e. The van der Waals surface area contributed by atoms with Crippen LogP contribution < -0.4 is 15.4 Å². The van der Waals surface area contributed by atoms with Gasteiger partial charge in [-0.3, -0.25) is 9.59 Å². The van der Waals surface area contributed by atoms with Crippen molar-refractivity contribution in [3.63, 3.8) is 0 Å². The number of hydrogen-bond acceptors (Lipinski definition) is 3. The molecule has 2 N–H and O–H groups in total. The van der Waals surface area contributed by atoms with E-state index in [1.807, 2.05) is 60.7 Å². The average Bonchev–Trinajstić information content (AvgIpc) is 2.65. The van der Waals surface area contributed by atoms with Crippen molar-refractivity contribution in [2.45, 2.75) is 13.0 Å². The lowest BCUT2D eigenvalue weighted by Crippen LogP contribution is -2.45. The summed E-state index contributed by atoms with van der Waals surface area (Å²) in [5, 5.41) is 5.36. The third-order valence-electron chi connectivity index (χ3n) is 3.39. The molecule has 0 spiro atoms. The van der Waals surface area contributed by atoms with E-state index < -0.39 is 6.04 Å². The van der Waals surface area contributed by atoms with E-state index in [1.165, 1.54) is 6.08 Å². The van der Waals surface area contributed by atoms with Gasteiger partial charge in [0.2, 0.25) is 11.8 Å². The summed E-state index contributed by atoms with van der Waals surface area (Å²) in [6, 6.07) is 18.2. The maximum atomic E-state index is 12.0. The first-order valence-corrected chi connectivity index (χ1v) is 8.14. The van der Waals surface area contributed by atoms with E-state index in [0.717, 1.165) is 11.3 Å². The van der Waals surface area contributed by atoms with Crippen LogP contribution in [0.15, 0.2) is 66.7 Å². The first-order chi connectivity index (χ1) is 12.1. The van der Waals surface area contributed by atoms with Crippen molar-refractivity contribution in [1.29, 1.82) is 0 Å². The Morgan fingerprint density at radius 2 is 1.68 bits per heavy atom. The molecule has 0 aliphatic rings. The smallest absolute Gasteiger partial charge is 0.244 e. The highest BCUT2D eigenvalue weighted by Crippen LogP contribution is 2.07. The van der Waals surface area contributed by atoms with Crippen molar-refractivity contribution in [2.75, 3.05) is 13.2 Å². The van der Waals surface area contributed by atoms with Crippen molar-refractivity contribution < 1.29 is 14.3 Å². The molecule has 0 radical (unpaired) electrons. The molecule has 130 valence electrons. The van der Waals surface area contributed by atoms with E-state index in [9.17, 15) is 9.59 Å². The summed E-state index contributed by atoms with van der Waals surface area (Å²) in [6.45, 7) is 2.37. The molecular weight excluding hydrogens is 316 g/mol. The van der Waals surface area contributed by atoms with Gasteiger partial charge in [0.15, 0.2) is 0 Å². The highest BCUT2D eigenvalue weighted by molar-refractivity contribution is 5.95. The molecule has 0 aromatic heterocycles. The summed E-state index contributed by atoms with van der Waals surface area (Å²) in [5.74, 6) is 0.189. The Bertz CT molecular complexity index is 699. The van der Waals surface area contributed by atoms with Gasteiger partial charge >= 0.3 is 0 Å². The summed E-state index contributed by atoms with van der Waals surface area (Å²) >= 11 is 0. The second kappa shape index (κ2) is 9.93. The zero-order valence-electron chi connectivity index (χ0n) is 14.1. The number of benzene rings is 2. The molecule has 0 aliphatic heterocycles. The van der Waals surface area contributed by atoms with Gasteiger partial charge in [0.1, 0.15) is 18.4 Å². The number of carbonyl (C=O) groups excluding carboxylic acids is 2. The van der Waals surface area contributed by atoms with Gasteiger partial charge in [-0.15, -0.1) is 0 Å². The van der Waals surface area contributed by atoms with E-state index in [0.29, 0.717) is 13.2 Å². The van der Waals surface area contributed by atoms with Crippen LogP contribution in [0.3, 0.4) is 0 Å². The number of hydrogen-bond donors (Lipinski definition) is 2. The molecule has 0 bridgehead atoms. The summed E-state index contributed by atoms with van der Waals surface area (Å²) in [5.41, 5.74) is 0.924. The van der Waals surface area contributed by atoms with Crippen LogP contribution in [-0.4, -0.2) is 31.0 Å². The Hall–Kier alpha value is -3.08. The molecule has 5 nitrogen and oxygen atoms in total. The molecule has 0 aliphatic carbocycles. The summed E-state index contributed by atoms with van der Waals surface area (Å²) in [7, 11) is 0. The molecule has 0 saturated heterocycles. The number of ether oxygens (including phenoxy) is 1. The fraction of sp³-hybridized carbons (Fsp3) is 0.200. The Labute approximate surface area is 147 Å². The van der Waals surface area contributed by atoms with Crippen LogP contribution in [0.2, 0.25) is 0 Å². The van der Waals surface area contributed by atoms with Gasteiger partial charge in [0, 0.05) is 6.08 Å². The highest BCUT2D eigenvalue weighted by atomic mass is 16.5. The van der Waals surface area contributed by atoms with E-state index in [4.69, 9.17) is 4.74 Å². The standard InChI is InChI=1S/C20H22N2O3/c1-16(22-19(23)13-12-17-8-4-2-5-9-17)20(24)21-14-15-25-18-10-6-3-7-11-18/h2-13,16H,14-15H2,1H3,(H,21,24)(H,22,23). The third-order valence-corrected chi connectivity index (χ3v) is 3.39. The summed E-state index contributed by atoms with van der Waals surface area (Å²) in [6.07, 6.45) is 3.12. The number of para-hydroxylation sites is 1. The van der Waals surface area contributed by atoms with E-state index in [1.54, 1.807) is 13.0 Å². The monoisotopic (exact) mass is 338 g/mol. The van der Waals surface area contributed by atoms with Gasteiger partial charge in [-0.05, 0) is 30.7 Å². The zero-order valence-corrected chi connectivity index (χ0v) is 14.1. The molecule has 2 aromatic rings. The van der Waals surface area contributed by atoms with Gasteiger partial charge in [-0.25, -0.2) is 0 Å². The van der Waals surface area contributed by atoms with Crippen LogP contribution in [0.25, 0.3) is 6.08 Å².